The van der Waals surface area contributed by atoms with Crippen LogP contribution in [0.25, 0.3) is 28.0 Å². The topological polar surface area (TPSA) is 77.2 Å². The van der Waals surface area contributed by atoms with Gasteiger partial charge < -0.3 is 14.4 Å². The number of rotatable bonds is 7. The van der Waals surface area contributed by atoms with Crippen LogP contribution in [0.4, 0.5) is 4.39 Å². The van der Waals surface area contributed by atoms with Crippen molar-refractivity contribution in [1.82, 2.24) is 14.5 Å². The summed E-state index contributed by atoms with van der Waals surface area (Å²) in [5, 5.41) is 9.98. The van der Waals surface area contributed by atoms with Gasteiger partial charge in [-0.15, -0.1) is 0 Å². The molecule has 152 valence electrons. The van der Waals surface area contributed by atoms with Crippen LogP contribution in [0.5, 0.6) is 0 Å². The van der Waals surface area contributed by atoms with Crippen molar-refractivity contribution < 1.29 is 19.0 Å². The molecule has 0 aliphatic heterocycles. The van der Waals surface area contributed by atoms with Crippen LogP contribution in [0.3, 0.4) is 0 Å². The molecule has 6 nitrogen and oxygen atoms in total. The van der Waals surface area contributed by atoms with E-state index in [1.54, 1.807) is 37.5 Å². The molecule has 2 aromatic heterocycles. The van der Waals surface area contributed by atoms with Gasteiger partial charge in [0, 0.05) is 31.0 Å². The summed E-state index contributed by atoms with van der Waals surface area (Å²) in [5.74, 6) is -1.61. The molecule has 2 heterocycles. The number of hydrogen-bond donors (Lipinski definition) is 1. The molecular formula is C23H20FN3O3. The Morgan fingerprint density at radius 3 is 2.77 bits per heavy atom. The monoisotopic (exact) mass is 405 g/mol. The maximum Gasteiger partial charge on any atom is 0.357 e. The number of para-hydroxylation sites is 1. The van der Waals surface area contributed by atoms with Gasteiger partial charge in [-0.2, -0.15) is 0 Å². The molecular weight excluding hydrogens is 385 g/mol. The van der Waals surface area contributed by atoms with Crippen molar-refractivity contribution >= 4 is 34.0 Å². The van der Waals surface area contributed by atoms with E-state index in [4.69, 9.17) is 9.72 Å². The number of nitrogens with zero attached hydrogens (tertiary/aromatic N) is 3. The first-order valence-corrected chi connectivity index (χ1v) is 9.44. The Kier molecular flexibility index (Phi) is 5.29. The number of hydrogen-bond acceptors (Lipinski definition) is 4. The van der Waals surface area contributed by atoms with E-state index in [2.05, 4.69) is 11.6 Å². The SMILES string of the molecule is C=Cc1ccc2nc(Cc3c(F)c(C(=O)O)nc4ccccc34)n(CCOC)c2c1. The van der Waals surface area contributed by atoms with Gasteiger partial charge >= 0.3 is 5.97 Å². The minimum absolute atomic E-state index is 0.122. The lowest BCUT2D eigenvalue weighted by Crippen LogP contribution is -2.12. The van der Waals surface area contributed by atoms with Crippen LogP contribution in [-0.4, -0.2) is 39.3 Å². The number of pyridine rings is 1. The second-order valence-corrected chi connectivity index (χ2v) is 6.88. The van der Waals surface area contributed by atoms with Gasteiger partial charge in [0.05, 0.1) is 23.2 Å². The Morgan fingerprint density at radius 1 is 1.23 bits per heavy atom. The van der Waals surface area contributed by atoms with Crippen LogP contribution in [0.1, 0.15) is 27.4 Å². The quantitative estimate of drug-likeness (QED) is 0.496. The normalized spacial score (nSPS) is 11.3. The Labute approximate surface area is 172 Å². The third kappa shape index (κ3) is 3.44. The zero-order valence-corrected chi connectivity index (χ0v) is 16.4. The molecule has 7 heteroatoms. The minimum Gasteiger partial charge on any atom is -0.476 e. The van der Waals surface area contributed by atoms with Gasteiger partial charge in [-0.1, -0.05) is 36.9 Å². The fourth-order valence-electron chi connectivity index (χ4n) is 3.61. The highest BCUT2D eigenvalue weighted by atomic mass is 19.1. The average Bonchev–Trinajstić information content (AvgIpc) is 3.09. The van der Waals surface area contributed by atoms with E-state index in [9.17, 15) is 9.90 Å². The third-order valence-corrected chi connectivity index (χ3v) is 5.08. The van der Waals surface area contributed by atoms with Crippen molar-refractivity contribution in [2.75, 3.05) is 13.7 Å². The number of benzene rings is 2. The average molecular weight is 405 g/mol. The van der Waals surface area contributed by atoms with Gasteiger partial charge in [0.15, 0.2) is 11.5 Å². The fourth-order valence-corrected chi connectivity index (χ4v) is 3.61. The molecule has 0 radical (unpaired) electrons. The number of carboxylic acids is 1. The predicted octanol–water partition coefficient (Wildman–Crippen LogP) is 4.30. The lowest BCUT2D eigenvalue weighted by molar-refractivity contribution is 0.0685. The first-order chi connectivity index (χ1) is 14.5. The number of fused-ring (bicyclic) bond motifs is 2. The van der Waals surface area contributed by atoms with Crippen LogP contribution in [0.2, 0.25) is 0 Å². The summed E-state index contributed by atoms with van der Waals surface area (Å²) in [7, 11) is 1.61. The molecule has 2 aromatic carbocycles. The van der Waals surface area contributed by atoms with Crippen molar-refractivity contribution in [3.8, 4) is 0 Å². The summed E-state index contributed by atoms with van der Waals surface area (Å²) in [6.45, 7) is 4.79. The number of methoxy groups -OCH3 is 1. The largest absolute Gasteiger partial charge is 0.476 e. The number of carboxylic acid groups (broad SMARTS) is 1. The van der Waals surface area contributed by atoms with Gasteiger partial charge in [-0.05, 0) is 23.8 Å². The van der Waals surface area contributed by atoms with Crippen molar-refractivity contribution in [3.05, 3.63) is 77.5 Å². The molecule has 30 heavy (non-hydrogen) atoms. The first-order valence-electron chi connectivity index (χ1n) is 9.44. The van der Waals surface area contributed by atoms with Gasteiger partial charge in [-0.3, -0.25) is 0 Å². The van der Waals surface area contributed by atoms with E-state index in [1.807, 2.05) is 22.8 Å². The molecule has 0 atom stereocenters. The molecule has 0 unspecified atom stereocenters. The summed E-state index contributed by atoms with van der Waals surface area (Å²) in [5.41, 5.74) is 2.70. The van der Waals surface area contributed by atoms with E-state index in [1.165, 1.54) is 0 Å². The van der Waals surface area contributed by atoms with E-state index in [-0.39, 0.29) is 12.0 Å². The Morgan fingerprint density at radius 2 is 2.03 bits per heavy atom. The first kappa shape index (κ1) is 19.7. The lowest BCUT2D eigenvalue weighted by atomic mass is 10.0. The smallest absolute Gasteiger partial charge is 0.357 e. The highest BCUT2D eigenvalue weighted by Crippen LogP contribution is 2.27. The molecule has 0 aliphatic rings. The fraction of sp³-hybridized carbons (Fsp3) is 0.174. The Balaban J connectivity index is 1.92. The number of ether oxygens (including phenoxy) is 1. The minimum atomic E-state index is -1.40. The molecule has 0 spiro atoms. The second kappa shape index (κ2) is 8.04. The highest BCUT2D eigenvalue weighted by Gasteiger charge is 2.22. The van der Waals surface area contributed by atoms with Crippen molar-refractivity contribution in [3.63, 3.8) is 0 Å². The molecule has 1 N–H and O–H groups in total. The number of aromatic nitrogens is 3. The van der Waals surface area contributed by atoms with Crippen molar-refractivity contribution in [2.45, 2.75) is 13.0 Å². The second-order valence-electron chi connectivity index (χ2n) is 6.88. The summed E-state index contributed by atoms with van der Waals surface area (Å²) < 4.78 is 22.4. The van der Waals surface area contributed by atoms with Crippen LogP contribution in [0.15, 0.2) is 49.0 Å². The molecule has 0 saturated heterocycles. The maximum absolute atomic E-state index is 15.2. The van der Waals surface area contributed by atoms with Crippen molar-refractivity contribution in [2.24, 2.45) is 0 Å². The van der Waals surface area contributed by atoms with Gasteiger partial charge in [0.2, 0.25) is 0 Å². The summed E-state index contributed by atoms with van der Waals surface area (Å²) in [6, 6.07) is 12.7. The molecule has 0 fully saturated rings. The molecule has 0 amide bonds. The van der Waals surface area contributed by atoms with Gasteiger partial charge in [0.25, 0.3) is 0 Å². The maximum atomic E-state index is 15.2. The third-order valence-electron chi connectivity index (χ3n) is 5.08. The molecule has 4 aromatic rings. The van der Waals surface area contributed by atoms with Crippen LogP contribution < -0.4 is 0 Å². The standard InChI is InChI=1S/C23H20FN3O3/c1-3-14-8-9-18-19(12-14)27(10-11-30-2)20(25-18)13-16-15-6-4-5-7-17(15)26-22(21(16)24)23(28)29/h3-9,12H,1,10-11,13H2,2H3,(H,28,29). The number of carbonyl (C=O) groups is 1. The van der Waals surface area contributed by atoms with E-state index < -0.39 is 17.5 Å². The molecule has 0 bridgehead atoms. The summed E-state index contributed by atoms with van der Waals surface area (Å²) in [6.07, 6.45) is 1.87. The predicted molar refractivity (Wildman–Crippen MR) is 113 cm³/mol. The highest BCUT2D eigenvalue weighted by molar-refractivity contribution is 5.92. The van der Waals surface area contributed by atoms with E-state index >= 15 is 4.39 Å². The molecule has 4 rings (SSSR count). The zero-order chi connectivity index (χ0) is 21.3. The van der Waals surface area contributed by atoms with Gasteiger partial charge in [0.1, 0.15) is 5.82 Å². The lowest BCUT2D eigenvalue weighted by Gasteiger charge is -2.12. The molecule has 0 aliphatic carbocycles. The Hall–Kier alpha value is -3.58. The Bertz CT molecular complexity index is 1280. The van der Waals surface area contributed by atoms with E-state index in [0.29, 0.717) is 29.9 Å². The zero-order valence-electron chi connectivity index (χ0n) is 16.4. The van der Waals surface area contributed by atoms with Crippen molar-refractivity contribution in [1.29, 1.82) is 0 Å². The number of aromatic carboxylic acids is 1. The molecule has 0 saturated carbocycles. The summed E-state index contributed by atoms with van der Waals surface area (Å²) >= 11 is 0. The summed E-state index contributed by atoms with van der Waals surface area (Å²) in [4.78, 5) is 20.2. The van der Waals surface area contributed by atoms with Crippen LogP contribution in [0, 0.1) is 5.82 Å². The number of halogens is 1. The van der Waals surface area contributed by atoms with Gasteiger partial charge in [-0.25, -0.2) is 19.2 Å². The van der Waals surface area contributed by atoms with E-state index in [0.717, 1.165) is 16.6 Å². The van der Waals surface area contributed by atoms with Crippen LogP contribution >= 0.6 is 0 Å². The number of imidazole rings is 1. The van der Waals surface area contributed by atoms with Crippen LogP contribution in [-0.2, 0) is 17.7 Å².